The Hall–Kier alpha value is -4.01. The molecular weight excluding hydrogens is 402 g/mol. The van der Waals surface area contributed by atoms with Gasteiger partial charge >= 0.3 is 12.0 Å². The van der Waals surface area contributed by atoms with E-state index in [4.69, 9.17) is 4.74 Å². The van der Waals surface area contributed by atoms with Crippen molar-refractivity contribution in [3.63, 3.8) is 0 Å². The number of amides is 5. The SMILES string of the molecule is CC(C)(C)NC(=O)NC(=O)COC(=O)c1cccc(N2C(=O)c3ccccc3C2=O)c1. The summed E-state index contributed by atoms with van der Waals surface area (Å²) in [6, 6.07) is 11.5. The van der Waals surface area contributed by atoms with E-state index in [1.54, 1.807) is 45.0 Å². The number of hydrogen-bond donors (Lipinski definition) is 2. The van der Waals surface area contributed by atoms with Gasteiger partial charge in [-0.25, -0.2) is 14.5 Å². The minimum Gasteiger partial charge on any atom is -0.452 e. The van der Waals surface area contributed by atoms with Gasteiger partial charge in [0.25, 0.3) is 17.7 Å². The molecule has 0 fully saturated rings. The first-order valence-corrected chi connectivity index (χ1v) is 9.44. The summed E-state index contributed by atoms with van der Waals surface area (Å²) >= 11 is 0. The second-order valence-corrected chi connectivity index (χ2v) is 7.87. The lowest BCUT2D eigenvalue weighted by molar-refractivity contribution is -0.123. The van der Waals surface area contributed by atoms with Crippen LogP contribution in [0.15, 0.2) is 48.5 Å². The van der Waals surface area contributed by atoms with E-state index in [-0.39, 0.29) is 22.4 Å². The number of fused-ring (bicyclic) bond motifs is 1. The van der Waals surface area contributed by atoms with Gasteiger partial charge in [0.05, 0.1) is 22.4 Å². The van der Waals surface area contributed by atoms with Gasteiger partial charge in [-0.15, -0.1) is 0 Å². The summed E-state index contributed by atoms with van der Waals surface area (Å²) in [5.74, 6) is -2.62. The van der Waals surface area contributed by atoms with Crippen LogP contribution in [-0.4, -0.2) is 41.9 Å². The summed E-state index contributed by atoms with van der Waals surface area (Å²) < 4.78 is 4.93. The van der Waals surface area contributed by atoms with Crippen LogP contribution in [0.3, 0.4) is 0 Å². The molecule has 9 heteroatoms. The Morgan fingerprint density at radius 1 is 0.935 bits per heavy atom. The van der Waals surface area contributed by atoms with Gasteiger partial charge < -0.3 is 10.1 Å². The lowest BCUT2D eigenvalue weighted by Crippen LogP contribution is -2.49. The highest BCUT2D eigenvalue weighted by atomic mass is 16.5. The summed E-state index contributed by atoms with van der Waals surface area (Å²) in [5, 5.41) is 4.60. The van der Waals surface area contributed by atoms with Crippen molar-refractivity contribution in [2.75, 3.05) is 11.5 Å². The molecule has 5 amide bonds. The van der Waals surface area contributed by atoms with Crippen LogP contribution in [0.5, 0.6) is 0 Å². The molecule has 0 bridgehead atoms. The highest BCUT2D eigenvalue weighted by Crippen LogP contribution is 2.28. The van der Waals surface area contributed by atoms with Crippen LogP contribution in [-0.2, 0) is 9.53 Å². The molecule has 0 atom stereocenters. The number of imide groups is 2. The van der Waals surface area contributed by atoms with Crippen LogP contribution < -0.4 is 15.5 Å². The fourth-order valence-corrected chi connectivity index (χ4v) is 2.94. The van der Waals surface area contributed by atoms with E-state index in [0.717, 1.165) is 4.90 Å². The van der Waals surface area contributed by atoms with Crippen LogP contribution >= 0.6 is 0 Å². The fraction of sp³-hybridized carbons (Fsp3) is 0.227. The molecule has 160 valence electrons. The molecule has 0 saturated heterocycles. The first kappa shape index (κ1) is 21.7. The normalized spacial score (nSPS) is 12.9. The number of hydrogen-bond acceptors (Lipinski definition) is 6. The van der Waals surface area contributed by atoms with Crippen LogP contribution in [0, 0.1) is 0 Å². The van der Waals surface area contributed by atoms with Gasteiger partial charge in [-0.2, -0.15) is 0 Å². The summed E-state index contributed by atoms with van der Waals surface area (Å²) in [5.41, 5.74) is 0.276. The molecule has 2 aromatic rings. The van der Waals surface area contributed by atoms with Gasteiger partial charge in [0.1, 0.15) is 0 Å². The highest BCUT2D eigenvalue weighted by molar-refractivity contribution is 6.34. The van der Waals surface area contributed by atoms with Crippen LogP contribution in [0.4, 0.5) is 10.5 Å². The smallest absolute Gasteiger partial charge is 0.338 e. The lowest BCUT2D eigenvalue weighted by atomic mass is 10.1. The largest absolute Gasteiger partial charge is 0.452 e. The van der Waals surface area contributed by atoms with Gasteiger partial charge in [-0.05, 0) is 51.1 Å². The molecule has 1 heterocycles. The third-order valence-electron chi connectivity index (χ3n) is 4.21. The monoisotopic (exact) mass is 423 g/mol. The van der Waals surface area contributed by atoms with Crippen molar-refractivity contribution in [3.8, 4) is 0 Å². The van der Waals surface area contributed by atoms with Crippen LogP contribution in [0.1, 0.15) is 51.8 Å². The number of nitrogens with one attached hydrogen (secondary N) is 2. The standard InChI is InChI=1S/C22H21N3O6/c1-22(2,3)24-21(30)23-17(26)12-31-20(29)13-7-6-8-14(11-13)25-18(27)15-9-4-5-10-16(15)19(25)28/h4-11H,12H2,1-3H3,(H2,23,24,26,30). The van der Waals surface area contributed by atoms with E-state index >= 15 is 0 Å². The maximum atomic E-state index is 12.6. The third kappa shape index (κ3) is 4.95. The molecule has 0 saturated carbocycles. The van der Waals surface area contributed by atoms with Gasteiger partial charge in [-0.1, -0.05) is 18.2 Å². The Bertz CT molecular complexity index is 1050. The average molecular weight is 423 g/mol. The highest BCUT2D eigenvalue weighted by Gasteiger charge is 2.36. The van der Waals surface area contributed by atoms with Crippen LogP contribution in [0.25, 0.3) is 0 Å². The van der Waals surface area contributed by atoms with E-state index in [1.807, 2.05) is 0 Å². The van der Waals surface area contributed by atoms with Gasteiger partial charge in [0.15, 0.2) is 6.61 Å². The number of esters is 1. The first-order chi connectivity index (χ1) is 14.6. The molecule has 9 nitrogen and oxygen atoms in total. The zero-order valence-electron chi connectivity index (χ0n) is 17.2. The minimum absolute atomic E-state index is 0.0426. The molecule has 2 N–H and O–H groups in total. The van der Waals surface area contributed by atoms with Crippen molar-refractivity contribution in [2.45, 2.75) is 26.3 Å². The fourth-order valence-electron chi connectivity index (χ4n) is 2.94. The zero-order valence-corrected chi connectivity index (χ0v) is 17.2. The molecule has 0 radical (unpaired) electrons. The van der Waals surface area contributed by atoms with Crippen molar-refractivity contribution < 1.29 is 28.7 Å². The van der Waals surface area contributed by atoms with E-state index < -0.39 is 41.9 Å². The molecule has 3 rings (SSSR count). The van der Waals surface area contributed by atoms with Crippen molar-refractivity contribution >= 4 is 35.4 Å². The molecule has 1 aliphatic heterocycles. The van der Waals surface area contributed by atoms with E-state index in [1.165, 1.54) is 24.3 Å². The third-order valence-corrected chi connectivity index (χ3v) is 4.21. The number of urea groups is 1. The molecule has 0 spiro atoms. The quantitative estimate of drug-likeness (QED) is 0.575. The van der Waals surface area contributed by atoms with Crippen molar-refractivity contribution in [1.29, 1.82) is 0 Å². The molecule has 31 heavy (non-hydrogen) atoms. The average Bonchev–Trinajstić information content (AvgIpc) is 2.95. The summed E-state index contributed by atoms with van der Waals surface area (Å²) in [4.78, 5) is 62.0. The number of nitrogens with zero attached hydrogens (tertiary/aromatic N) is 1. The zero-order chi connectivity index (χ0) is 22.8. The minimum atomic E-state index is -0.843. The van der Waals surface area contributed by atoms with E-state index in [2.05, 4.69) is 10.6 Å². The number of carbonyl (C=O) groups excluding carboxylic acids is 5. The number of ether oxygens (including phenoxy) is 1. The first-order valence-electron chi connectivity index (χ1n) is 9.44. The maximum absolute atomic E-state index is 12.6. The van der Waals surface area contributed by atoms with Crippen LogP contribution in [0.2, 0.25) is 0 Å². The predicted molar refractivity (Wildman–Crippen MR) is 111 cm³/mol. The second-order valence-electron chi connectivity index (χ2n) is 7.87. The summed E-state index contributed by atoms with van der Waals surface area (Å²) in [6.45, 7) is 4.57. The molecule has 2 aromatic carbocycles. The maximum Gasteiger partial charge on any atom is 0.338 e. The van der Waals surface area contributed by atoms with E-state index in [9.17, 15) is 24.0 Å². The number of benzene rings is 2. The summed E-state index contributed by atoms with van der Waals surface area (Å²) in [7, 11) is 0. The number of anilines is 1. The van der Waals surface area contributed by atoms with Gasteiger partial charge in [0, 0.05) is 5.54 Å². The Morgan fingerprint density at radius 2 is 1.55 bits per heavy atom. The van der Waals surface area contributed by atoms with Crippen molar-refractivity contribution in [3.05, 3.63) is 65.2 Å². The second kappa shape index (κ2) is 8.39. The summed E-state index contributed by atoms with van der Waals surface area (Å²) in [6.07, 6.45) is 0. The van der Waals surface area contributed by atoms with Gasteiger partial charge in [0.2, 0.25) is 0 Å². The molecular formula is C22H21N3O6. The molecule has 1 aliphatic rings. The topological polar surface area (TPSA) is 122 Å². The number of rotatable bonds is 4. The predicted octanol–water partition coefficient (Wildman–Crippen LogP) is 2.27. The number of carbonyl (C=O) groups is 5. The van der Waals surface area contributed by atoms with Crippen molar-refractivity contribution in [2.24, 2.45) is 0 Å². The Labute approximate surface area is 178 Å². The molecule has 0 aliphatic carbocycles. The Kier molecular flexibility index (Phi) is 5.87. The van der Waals surface area contributed by atoms with Crippen molar-refractivity contribution in [1.82, 2.24) is 10.6 Å². The molecule has 0 aromatic heterocycles. The Morgan fingerprint density at radius 3 is 2.13 bits per heavy atom. The van der Waals surface area contributed by atoms with E-state index in [0.29, 0.717) is 0 Å². The molecule has 0 unspecified atom stereocenters. The Balaban J connectivity index is 1.65. The lowest BCUT2D eigenvalue weighted by Gasteiger charge is -2.20. The van der Waals surface area contributed by atoms with Gasteiger partial charge in [-0.3, -0.25) is 19.7 Å².